The summed E-state index contributed by atoms with van der Waals surface area (Å²) in [6.07, 6.45) is -3.34. The molecule has 1 amide bonds. The monoisotopic (exact) mass is 295 g/mol. The van der Waals surface area contributed by atoms with Crippen molar-refractivity contribution in [2.45, 2.75) is 39.8 Å². The molecule has 1 saturated carbocycles. The van der Waals surface area contributed by atoms with Crippen molar-refractivity contribution >= 4 is 11.9 Å². The molecular weight excluding hydrogens is 275 g/mol. The first-order valence-electron chi connectivity index (χ1n) is 6.60. The van der Waals surface area contributed by atoms with Gasteiger partial charge in [0, 0.05) is 6.54 Å². The van der Waals surface area contributed by atoms with Gasteiger partial charge in [-0.15, -0.1) is 0 Å². The van der Waals surface area contributed by atoms with E-state index in [2.05, 4.69) is 0 Å². The van der Waals surface area contributed by atoms with Crippen molar-refractivity contribution in [3.8, 4) is 0 Å². The van der Waals surface area contributed by atoms with Crippen LogP contribution >= 0.6 is 0 Å². The number of carboxylic acids is 1. The Balaban J connectivity index is 2.81. The van der Waals surface area contributed by atoms with Gasteiger partial charge in [0.15, 0.2) is 0 Å². The maximum absolute atomic E-state index is 12.5. The number of carbonyl (C=O) groups excluding carboxylic acids is 1. The summed E-state index contributed by atoms with van der Waals surface area (Å²) in [5.41, 5.74) is -0.779. The lowest BCUT2D eigenvalue weighted by Gasteiger charge is -2.24. The van der Waals surface area contributed by atoms with Crippen LogP contribution in [0.25, 0.3) is 0 Å². The van der Waals surface area contributed by atoms with Crippen molar-refractivity contribution in [3.63, 3.8) is 0 Å². The lowest BCUT2D eigenvalue weighted by atomic mass is 10.1. The molecule has 1 N–H and O–H groups in total. The normalized spacial score (nSPS) is 24.3. The van der Waals surface area contributed by atoms with E-state index in [4.69, 9.17) is 5.11 Å². The quantitative estimate of drug-likeness (QED) is 0.819. The Morgan fingerprint density at radius 3 is 2.15 bits per heavy atom. The molecule has 20 heavy (non-hydrogen) atoms. The van der Waals surface area contributed by atoms with Crippen molar-refractivity contribution < 1.29 is 27.9 Å². The van der Waals surface area contributed by atoms with Crippen molar-refractivity contribution in [1.82, 2.24) is 4.90 Å². The molecule has 0 spiro atoms. The van der Waals surface area contributed by atoms with Crippen LogP contribution in [0.2, 0.25) is 0 Å². The minimum absolute atomic E-state index is 0.00770. The Hall–Kier alpha value is -1.27. The SMILES string of the molecule is CCCCN(CC(F)(F)F)C(=O)C1C(C(=O)O)C1(C)C. The predicted octanol–water partition coefficient (Wildman–Crippen LogP) is 2.53. The summed E-state index contributed by atoms with van der Waals surface area (Å²) < 4.78 is 37.5. The Morgan fingerprint density at radius 1 is 1.25 bits per heavy atom. The molecule has 0 saturated heterocycles. The second-order valence-electron chi connectivity index (χ2n) is 5.84. The third-order valence-electron chi connectivity index (χ3n) is 3.82. The predicted molar refractivity (Wildman–Crippen MR) is 65.9 cm³/mol. The molecule has 0 aromatic rings. The van der Waals surface area contributed by atoms with Crippen molar-refractivity contribution in [2.24, 2.45) is 17.3 Å². The van der Waals surface area contributed by atoms with Gasteiger partial charge in [0.25, 0.3) is 0 Å². The van der Waals surface area contributed by atoms with Crippen LogP contribution in [0.5, 0.6) is 0 Å². The average molecular weight is 295 g/mol. The number of unbranched alkanes of at least 4 members (excludes halogenated alkanes) is 1. The Morgan fingerprint density at radius 2 is 1.80 bits per heavy atom. The fourth-order valence-electron chi connectivity index (χ4n) is 2.59. The van der Waals surface area contributed by atoms with Gasteiger partial charge in [-0.2, -0.15) is 13.2 Å². The van der Waals surface area contributed by atoms with E-state index in [0.717, 1.165) is 4.90 Å². The minimum atomic E-state index is -4.47. The van der Waals surface area contributed by atoms with Gasteiger partial charge in [0.1, 0.15) is 6.54 Å². The molecule has 1 fully saturated rings. The van der Waals surface area contributed by atoms with Crippen LogP contribution in [-0.2, 0) is 9.59 Å². The first-order valence-corrected chi connectivity index (χ1v) is 6.60. The van der Waals surface area contributed by atoms with Crippen LogP contribution in [-0.4, -0.2) is 41.1 Å². The summed E-state index contributed by atoms with van der Waals surface area (Å²) >= 11 is 0. The molecule has 0 aromatic carbocycles. The highest BCUT2D eigenvalue weighted by Crippen LogP contribution is 2.59. The first-order chi connectivity index (χ1) is 9.02. The van der Waals surface area contributed by atoms with Crippen molar-refractivity contribution in [2.75, 3.05) is 13.1 Å². The molecule has 0 bridgehead atoms. The molecule has 1 rings (SSSR count). The summed E-state index contributed by atoms with van der Waals surface area (Å²) in [6.45, 7) is 3.70. The maximum atomic E-state index is 12.5. The van der Waals surface area contributed by atoms with E-state index in [1.807, 2.05) is 6.92 Å². The molecule has 1 aliphatic carbocycles. The number of halogens is 3. The summed E-state index contributed by atoms with van der Waals surface area (Å²) in [6, 6.07) is 0. The minimum Gasteiger partial charge on any atom is -0.481 e. The maximum Gasteiger partial charge on any atom is 0.406 e. The zero-order valence-corrected chi connectivity index (χ0v) is 11.8. The molecule has 2 atom stereocenters. The number of nitrogens with zero attached hydrogens (tertiary/aromatic N) is 1. The van der Waals surface area contributed by atoms with Crippen LogP contribution in [0.1, 0.15) is 33.6 Å². The number of carboxylic acid groups (broad SMARTS) is 1. The van der Waals surface area contributed by atoms with Crippen molar-refractivity contribution in [1.29, 1.82) is 0 Å². The molecule has 4 nitrogen and oxygen atoms in total. The lowest BCUT2D eigenvalue weighted by Crippen LogP contribution is -2.41. The third kappa shape index (κ3) is 3.64. The second-order valence-corrected chi connectivity index (χ2v) is 5.84. The van der Waals surface area contributed by atoms with Gasteiger partial charge >= 0.3 is 12.1 Å². The zero-order chi connectivity index (χ0) is 15.7. The van der Waals surface area contributed by atoms with Crippen LogP contribution in [0.3, 0.4) is 0 Å². The number of hydrogen-bond donors (Lipinski definition) is 1. The van der Waals surface area contributed by atoms with Crippen LogP contribution in [0, 0.1) is 17.3 Å². The van der Waals surface area contributed by atoms with E-state index >= 15 is 0 Å². The van der Waals surface area contributed by atoms with Gasteiger partial charge < -0.3 is 10.0 Å². The van der Waals surface area contributed by atoms with E-state index in [1.165, 1.54) is 0 Å². The molecule has 1 aliphatic rings. The molecule has 0 heterocycles. The second kappa shape index (κ2) is 5.61. The molecule has 0 radical (unpaired) electrons. The topological polar surface area (TPSA) is 57.6 Å². The van der Waals surface area contributed by atoms with E-state index in [-0.39, 0.29) is 6.54 Å². The highest BCUT2D eigenvalue weighted by Gasteiger charge is 2.66. The standard InChI is InChI=1S/C13H20F3NO3/c1-4-5-6-17(7-13(14,15)16)10(18)8-9(11(19)20)12(8,2)3/h8-9H,4-7H2,1-3H3,(H,19,20). The van der Waals surface area contributed by atoms with E-state index in [0.29, 0.717) is 12.8 Å². The van der Waals surface area contributed by atoms with Gasteiger partial charge in [0.2, 0.25) is 5.91 Å². The lowest BCUT2D eigenvalue weighted by molar-refractivity contribution is -0.163. The van der Waals surface area contributed by atoms with Gasteiger partial charge in [0.05, 0.1) is 11.8 Å². The fourth-order valence-corrected chi connectivity index (χ4v) is 2.59. The molecular formula is C13H20F3NO3. The van der Waals surface area contributed by atoms with E-state index in [9.17, 15) is 22.8 Å². The molecule has 0 aromatic heterocycles. The van der Waals surface area contributed by atoms with E-state index in [1.54, 1.807) is 13.8 Å². The number of amides is 1. The molecule has 7 heteroatoms. The smallest absolute Gasteiger partial charge is 0.406 e. The number of carbonyl (C=O) groups is 2. The first kappa shape index (κ1) is 16.8. The number of aliphatic carboxylic acids is 1. The Labute approximate surface area is 115 Å². The Kier molecular flexibility index (Phi) is 4.71. The highest BCUT2D eigenvalue weighted by atomic mass is 19.4. The van der Waals surface area contributed by atoms with Gasteiger partial charge in [-0.05, 0) is 11.8 Å². The summed E-state index contributed by atoms with van der Waals surface area (Å²) in [5.74, 6) is -3.59. The van der Waals surface area contributed by atoms with Crippen molar-refractivity contribution in [3.05, 3.63) is 0 Å². The summed E-state index contributed by atoms with van der Waals surface area (Å²) in [4.78, 5) is 24.0. The number of rotatable bonds is 6. The van der Waals surface area contributed by atoms with Crippen LogP contribution in [0.4, 0.5) is 13.2 Å². The van der Waals surface area contributed by atoms with E-state index < -0.39 is 41.8 Å². The largest absolute Gasteiger partial charge is 0.481 e. The van der Waals surface area contributed by atoms with Crippen LogP contribution in [0.15, 0.2) is 0 Å². The fraction of sp³-hybridized carbons (Fsp3) is 0.846. The van der Waals surface area contributed by atoms with Gasteiger partial charge in [-0.3, -0.25) is 9.59 Å². The zero-order valence-electron chi connectivity index (χ0n) is 11.8. The summed E-state index contributed by atoms with van der Waals surface area (Å²) in [5, 5.41) is 9.01. The third-order valence-corrected chi connectivity index (χ3v) is 3.82. The van der Waals surface area contributed by atoms with Gasteiger partial charge in [-0.1, -0.05) is 27.2 Å². The van der Waals surface area contributed by atoms with Gasteiger partial charge in [-0.25, -0.2) is 0 Å². The number of alkyl halides is 3. The highest BCUT2D eigenvalue weighted by molar-refractivity contribution is 5.91. The molecule has 2 unspecified atom stereocenters. The molecule has 116 valence electrons. The number of hydrogen-bond acceptors (Lipinski definition) is 2. The average Bonchev–Trinajstić information content (AvgIpc) is 2.85. The molecule has 0 aliphatic heterocycles. The van der Waals surface area contributed by atoms with Crippen LogP contribution < -0.4 is 0 Å². The Bertz CT molecular complexity index is 393. The summed E-state index contributed by atoms with van der Waals surface area (Å²) in [7, 11) is 0.